The monoisotopic (exact) mass is 296 g/mol. The number of nitrogens with zero attached hydrogens (tertiary/aromatic N) is 2. The molecule has 1 rings (SSSR count). The van der Waals surface area contributed by atoms with E-state index in [4.69, 9.17) is 5.11 Å². The van der Waals surface area contributed by atoms with E-state index >= 15 is 0 Å². The molecule has 2 unspecified atom stereocenters. The Kier molecular flexibility index (Phi) is 5.24. The Morgan fingerprint density at radius 2 is 2.05 bits per heavy atom. The third-order valence-electron chi connectivity index (χ3n) is 3.60. The van der Waals surface area contributed by atoms with E-state index in [1.165, 1.54) is 7.05 Å². The third-order valence-corrected chi connectivity index (χ3v) is 3.60. The molecule has 1 aliphatic rings. The molecule has 0 aliphatic carbocycles. The lowest BCUT2D eigenvalue weighted by molar-refractivity contribution is -0.184. The number of hydrogen-bond donors (Lipinski definition) is 1. The van der Waals surface area contributed by atoms with Crippen LogP contribution in [0.1, 0.15) is 26.2 Å². The number of carbonyl (C=O) groups is 2. The smallest absolute Gasteiger partial charge is 0.393 e. The molecular formula is C12H19F3N2O3. The van der Waals surface area contributed by atoms with Gasteiger partial charge in [-0.3, -0.25) is 0 Å². The zero-order chi connectivity index (χ0) is 15.5. The van der Waals surface area contributed by atoms with Crippen molar-refractivity contribution in [2.45, 2.75) is 38.4 Å². The van der Waals surface area contributed by atoms with Gasteiger partial charge in [0, 0.05) is 20.1 Å². The van der Waals surface area contributed by atoms with Crippen LogP contribution in [0, 0.1) is 5.92 Å². The second kappa shape index (κ2) is 6.32. The van der Waals surface area contributed by atoms with Crippen LogP contribution >= 0.6 is 0 Å². The summed E-state index contributed by atoms with van der Waals surface area (Å²) in [5.74, 6) is -2.69. The van der Waals surface area contributed by atoms with Crippen molar-refractivity contribution in [2.24, 2.45) is 5.92 Å². The first-order chi connectivity index (χ1) is 9.18. The molecule has 0 aromatic carbocycles. The topological polar surface area (TPSA) is 60.9 Å². The van der Waals surface area contributed by atoms with Gasteiger partial charge in [-0.15, -0.1) is 0 Å². The molecule has 5 nitrogen and oxygen atoms in total. The van der Waals surface area contributed by atoms with E-state index in [1.54, 1.807) is 6.92 Å². The van der Waals surface area contributed by atoms with Crippen molar-refractivity contribution < 1.29 is 27.9 Å². The lowest BCUT2D eigenvalue weighted by Crippen LogP contribution is -2.52. The quantitative estimate of drug-likeness (QED) is 0.868. The fraction of sp³-hybridized carbons (Fsp3) is 0.833. The maximum Gasteiger partial charge on any atom is 0.393 e. The molecule has 1 saturated heterocycles. The van der Waals surface area contributed by atoms with Gasteiger partial charge in [0.2, 0.25) is 0 Å². The van der Waals surface area contributed by atoms with Crippen LogP contribution in [-0.2, 0) is 4.79 Å². The van der Waals surface area contributed by atoms with Crippen molar-refractivity contribution in [3.63, 3.8) is 0 Å². The van der Waals surface area contributed by atoms with E-state index < -0.39 is 36.7 Å². The molecule has 0 spiro atoms. The van der Waals surface area contributed by atoms with Crippen LogP contribution in [0.3, 0.4) is 0 Å². The summed E-state index contributed by atoms with van der Waals surface area (Å²) in [7, 11) is 1.31. The maximum absolute atomic E-state index is 12.7. The number of halogens is 3. The predicted octanol–water partition coefficient (Wildman–Crippen LogP) is 2.18. The lowest BCUT2D eigenvalue weighted by atomic mass is 9.98. The summed E-state index contributed by atoms with van der Waals surface area (Å²) < 4.78 is 38.1. The molecule has 2 amide bonds. The van der Waals surface area contributed by atoms with Crippen LogP contribution < -0.4 is 0 Å². The van der Waals surface area contributed by atoms with Crippen molar-refractivity contribution in [2.75, 3.05) is 20.1 Å². The number of carboxylic acids is 1. The summed E-state index contributed by atoms with van der Waals surface area (Å²) in [6, 6.07) is -1.68. The molecule has 8 heteroatoms. The van der Waals surface area contributed by atoms with E-state index in [0.717, 1.165) is 9.80 Å². The van der Waals surface area contributed by atoms with Crippen LogP contribution in [0.4, 0.5) is 18.0 Å². The van der Waals surface area contributed by atoms with Gasteiger partial charge < -0.3 is 14.9 Å². The average molecular weight is 296 g/mol. The largest absolute Gasteiger partial charge is 0.480 e. The van der Waals surface area contributed by atoms with Gasteiger partial charge in [-0.2, -0.15) is 13.2 Å². The van der Waals surface area contributed by atoms with Crippen LogP contribution in [0.5, 0.6) is 0 Å². The van der Waals surface area contributed by atoms with Gasteiger partial charge in [0.05, 0.1) is 5.92 Å². The molecule has 116 valence electrons. The Morgan fingerprint density at radius 3 is 2.50 bits per heavy atom. The molecule has 1 fully saturated rings. The van der Waals surface area contributed by atoms with Crippen molar-refractivity contribution in [1.29, 1.82) is 0 Å². The maximum atomic E-state index is 12.7. The summed E-state index contributed by atoms with van der Waals surface area (Å²) in [6.07, 6.45) is -3.84. The Bertz CT molecular complexity index is 373. The zero-order valence-electron chi connectivity index (χ0n) is 11.5. The molecule has 0 radical (unpaired) electrons. The standard InChI is InChI=1S/C12H19F3N2O3/c1-3-9(10(18)19)16(2)11(20)17-6-4-5-8(7-17)12(13,14)15/h8-9H,3-7H2,1-2H3,(H,18,19). The van der Waals surface area contributed by atoms with Crippen LogP contribution in [0.25, 0.3) is 0 Å². The predicted molar refractivity (Wildman–Crippen MR) is 65.2 cm³/mol. The number of aliphatic carboxylic acids is 1. The van der Waals surface area contributed by atoms with Gasteiger partial charge in [0.25, 0.3) is 0 Å². The highest BCUT2D eigenvalue weighted by Crippen LogP contribution is 2.33. The highest BCUT2D eigenvalue weighted by molar-refractivity contribution is 5.82. The van der Waals surface area contributed by atoms with Gasteiger partial charge >= 0.3 is 18.2 Å². The van der Waals surface area contributed by atoms with E-state index in [1.807, 2.05) is 0 Å². The molecule has 0 bridgehead atoms. The number of piperidine rings is 1. The molecule has 1 aliphatic heterocycles. The molecule has 0 aromatic rings. The van der Waals surface area contributed by atoms with Crippen molar-refractivity contribution in [3.8, 4) is 0 Å². The van der Waals surface area contributed by atoms with Crippen LogP contribution in [-0.4, -0.2) is 59.3 Å². The van der Waals surface area contributed by atoms with Crippen molar-refractivity contribution in [3.05, 3.63) is 0 Å². The number of amides is 2. The summed E-state index contributed by atoms with van der Waals surface area (Å²) in [4.78, 5) is 25.2. The molecule has 0 saturated carbocycles. The highest BCUT2D eigenvalue weighted by atomic mass is 19.4. The van der Waals surface area contributed by atoms with Gasteiger partial charge in [0.1, 0.15) is 6.04 Å². The van der Waals surface area contributed by atoms with Gasteiger partial charge in [-0.25, -0.2) is 9.59 Å². The van der Waals surface area contributed by atoms with E-state index in [-0.39, 0.29) is 25.8 Å². The first kappa shape index (κ1) is 16.6. The minimum Gasteiger partial charge on any atom is -0.480 e. The number of carboxylic acid groups (broad SMARTS) is 1. The number of carbonyl (C=O) groups excluding carboxylic acids is 1. The van der Waals surface area contributed by atoms with Crippen LogP contribution in [0.2, 0.25) is 0 Å². The number of hydrogen-bond acceptors (Lipinski definition) is 2. The fourth-order valence-electron chi connectivity index (χ4n) is 2.39. The lowest BCUT2D eigenvalue weighted by Gasteiger charge is -2.37. The summed E-state index contributed by atoms with van der Waals surface area (Å²) in [5, 5.41) is 8.98. The number of alkyl halides is 3. The van der Waals surface area contributed by atoms with Gasteiger partial charge in [0.15, 0.2) is 0 Å². The SMILES string of the molecule is CCC(C(=O)O)N(C)C(=O)N1CCCC(C(F)(F)F)C1. The molecule has 1 N–H and O–H groups in total. The highest BCUT2D eigenvalue weighted by Gasteiger charge is 2.43. The summed E-state index contributed by atoms with van der Waals surface area (Å²) in [5.41, 5.74) is 0. The number of likely N-dealkylation sites (N-methyl/N-ethyl adjacent to an activating group) is 1. The molecular weight excluding hydrogens is 277 g/mol. The normalized spacial score (nSPS) is 21.4. The zero-order valence-corrected chi connectivity index (χ0v) is 11.5. The molecule has 1 heterocycles. The Labute approximate surface area is 115 Å². The minimum absolute atomic E-state index is 0.00707. The van der Waals surface area contributed by atoms with E-state index in [0.29, 0.717) is 0 Å². The van der Waals surface area contributed by atoms with Gasteiger partial charge in [-0.1, -0.05) is 6.92 Å². The molecule has 2 atom stereocenters. The summed E-state index contributed by atoms with van der Waals surface area (Å²) in [6.45, 7) is 1.44. The second-order valence-electron chi connectivity index (χ2n) is 4.98. The van der Waals surface area contributed by atoms with Crippen molar-refractivity contribution >= 4 is 12.0 Å². The van der Waals surface area contributed by atoms with Gasteiger partial charge in [-0.05, 0) is 19.3 Å². The number of rotatable bonds is 3. The first-order valence-corrected chi connectivity index (χ1v) is 6.49. The number of likely N-dealkylation sites (tertiary alicyclic amines) is 1. The third kappa shape index (κ3) is 3.77. The molecule has 20 heavy (non-hydrogen) atoms. The molecule has 0 aromatic heterocycles. The Balaban J connectivity index is 2.74. The Hall–Kier alpha value is -1.47. The number of urea groups is 1. The Morgan fingerprint density at radius 1 is 1.45 bits per heavy atom. The fourth-order valence-corrected chi connectivity index (χ4v) is 2.39. The van der Waals surface area contributed by atoms with E-state index in [2.05, 4.69) is 0 Å². The van der Waals surface area contributed by atoms with E-state index in [9.17, 15) is 22.8 Å². The minimum atomic E-state index is -4.32. The average Bonchev–Trinajstić information content (AvgIpc) is 2.37. The van der Waals surface area contributed by atoms with Crippen LogP contribution in [0.15, 0.2) is 0 Å². The summed E-state index contributed by atoms with van der Waals surface area (Å²) >= 11 is 0. The van der Waals surface area contributed by atoms with Crippen molar-refractivity contribution in [1.82, 2.24) is 9.80 Å². The second-order valence-corrected chi connectivity index (χ2v) is 4.98. The first-order valence-electron chi connectivity index (χ1n) is 6.49.